The molecule has 0 fully saturated rings. The number of nitrogens with one attached hydrogen (secondary N) is 1. The molecule has 0 unspecified atom stereocenters. The Kier molecular flexibility index (Phi) is 3.95. The van der Waals surface area contributed by atoms with E-state index in [0.29, 0.717) is 18.8 Å². The highest BCUT2D eigenvalue weighted by Crippen LogP contribution is 2.07. The molecule has 0 atom stereocenters. The number of amides is 1. The predicted molar refractivity (Wildman–Crippen MR) is 78.0 cm³/mol. The number of nitrogens with zero attached hydrogens (tertiary/aromatic N) is 4. The second-order valence-corrected chi connectivity index (χ2v) is 4.92. The topological polar surface area (TPSA) is 85.8 Å². The summed E-state index contributed by atoms with van der Waals surface area (Å²) in [5.74, 6) is -0.0485. The summed E-state index contributed by atoms with van der Waals surface area (Å²) in [5, 5.41) is 10.5. The molecule has 3 rings (SSSR count). The van der Waals surface area contributed by atoms with Gasteiger partial charge in [-0.3, -0.25) is 4.79 Å². The Morgan fingerprint density at radius 2 is 2.05 bits per heavy atom. The molecule has 0 aliphatic carbocycles. The maximum atomic E-state index is 11.8. The van der Waals surface area contributed by atoms with Crippen LogP contribution in [0.5, 0.6) is 0 Å². The SMILES string of the molecule is Cc1cc(C(=O)NCc2ccc(Cn3cncn3)cc2)on1. The van der Waals surface area contributed by atoms with E-state index in [-0.39, 0.29) is 11.7 Å². The second-order valence-electron chi connectivity index (χ2n) is 4.92. The first-order chi connectivity index (χ1) is 10.7. The van der Waals surface area contributed by atoms with Crippen molar-refractivity contribution >= 4 is 5.91 Å². The van der Waals surface area contributed by atoms with Gasteiger partial charge in [-0.2, -0.15) is 5.10 Å². The molecule has 0 aliphatic rings. The van der Waals surface area contributed by atoms with E-state index >= 15 is 0 Å². The van der Waals surface area contributed by atoms with Crippen molar-refractivity contribution in [2.45, 2.75) is 20.0 Å². The van der Waals surface area contributed by atoms with E-state index in [0.717, 1.165) is 11.1 Å². The first-order valence-electron chi connectivity index (χ1n) is 6.82. The van der Waals surface area contributed by atoms with Crippen molar-refractivity contribution in [1.29, 1.82) is 0 Å². The zero-order chi connectivity index (χ0) is 15.4. The second kappa shape index (κ2) is 6.21. The summed E-state index contributed by atoms with van der Waals surface area (Å²) < 4.78 is 6.67. The van der Waals surface area contributed by atoms with Crippen molar-refractivity contribution in [2.24, 2.45) is 0 Å². The predicted octanol–water partition coefficient (Wildman–Crippen LogP) is 1.55. The molecule has 7 heteroatoms. The molecular weight excluding hydrogens is 282 g/mol. The number of benzene rings is 1. The third-order valence-electron chi connectivity index (χ3n) is 3.14. The molecular formula is C15H15N5O2. The summed E-state index contributed by atoms with van der Waals surface area (Å²) in [6.07, 6.45) is 3.18. The average molecular weight is 297 g/mol. The maximum absolute atomic E-state index is 11.8. The van der Waals surface area contributed by atoms with Crippen LogP contribution in [0.4, 0.5) is 0 Å². The van der Waals surface area contributed by atoms with Gasteiger partial charge in [-0.05, 0) is 18.1 Å². The Morgan fingerprint density at radius 3 is 2.68 bits per heavy atom. The highest BCUT2D eigenvalue weighted by molar-refractivity contribution is 5.91. The normalized spacial score (nSPS) is 10.6. The minimum atomic E-state index is -0.271. The summed E-state index contributed by atoms with van der Waals surface area (Å²) in [6, 6.07) is 9.55. The van der Waals surface area contributed by atoms with E-state index in [4.69, 9.17) is 4.52 Å². The zero-order valence-corrected chi connectivity index (χ0v) is 12.1. The van der Waals surface area contributed by atoms with Crippen LogP contribution in [-0.2, 0) is 13.1 Å². The fraction of sp³-hybridized carbons (Fsp3) is 0.200. The van der Waals surface area contributed by atoms with Crippen LogP contribution < -0.4 is 5.32 Å². The van der Waals surface area contributed by atoms with Gasteiger partial charge in [-0.15, -0.1) is 0 Å². The highest BCUT2D eigenvalue weighted by atomic mass is 16.5. The van der Waals surface area contributed by atoms with Crippen LogP contribution in [0.1, 0.15) is 27.4 Å². The van der Waals surface area contributed by atoms with Crippen LogP contribution >= 0.6 is 0 Å². The summed E-state index contributed by atoms with van der Waals surface area (Å²) in [4.78, 5) is 15.8. The maximum Gasteiger partial charge on any atom is 0.290 e. The first kappa shape index (κ1) is 14.0. The molecule has 7 nitrogen and oxygen atoms in total. The molecule has 112 valence electrons. The van der Waals surface area contributed by atoms with Crippen molar-refractivity contribution in [3.63, 3.8) is 0 Å². The van der Waals surface area contributed by atoms with Crippen LogP contribution in [0.25, 0.3) is 0 Å². The van der Waals surface area contributed by atoms with Crippen LogP contribution in [0.2, 0.25) is 0 Å². The Labute approximate surface area is 127 Å². The molecule has 22 heavy (non-hydrogen) atoms. The van der Waals surface area contributed by atoms with Crippen LogP contribution in [0, 0.1) is 6.92 Å². The van der Waals surface area contributed by atoms with Crippen LogP contribution in [0.15, 0.2) is 47.5 Å². The van der Waals surface area contributed by atoms with Crippen molar-refractivity contribution in [2.75, 3.05) is 0 Å². The number of carbonyl (C=O) groups is 1. The van der Waals surface area contributed by atoms with Crippen molar-refractivity contribution < 1.29 is 9.32 Å². The molecule has 0 bridgehead atoms. The molecule has 0 aliphatic heterocycles. The number of aromatic nitrogens is 4. The van der Waals surface area contributed by atoms with E-state index in [2.05, 4.69) is 20.6 Å². The Bertz CT molecular complexity index is 747. The lowest BCUT2D eigenvalue weighted by atomic mass is 10.1. The van der Waals surface area contributed by atoms with Crippen LogP contribution in [0.3, 0.4) is 0 Å². The molecule has 1 N–H and O–H groups in total. The molecule has 0 radical (unpaired) electrons. The van der Waals surface area contributed by atoms with E-state index in [1.54, 1.807) is 24.0 Å². The van der Waals surface area contributed by atoms with Gasteiger partial charge >= 0.3 is 0 Å². The fourth-order valence-corrected chi connectivity index (χ4v) is 2.00. The Balaban J connectivity index is 1.56. The van der Waals surface area contributed by atoms with Gasteiger partial charge in [0.1, 0.15) is 12.7 Å². The van der Waals surface area contributed by atoms with Gasteiger partial charge in [0.05, 0.1) is 12.2 Å². The number of hydrogen-bond acceptors (Lipinski definition) is 5. The number of aryl methyl sites for hydroxylation is 1. The van der Waals surface area contributed by atoms with Gasteiger partial charge in [0.25, 0.3) is 5.91 Å². The molecule has 0 saturated carbocycles. The standard InChI is InChI=1S/C15H15N5O2/c1-11-6-14(22-19-11)15(21)17-7-12-2-4-13(5-3-12)8-20-10-16-9-18-20/h2-6,9-10H,7-8H2,1H3,(H,17,21). The Morgan fingerprint density at radius 1 is 1.27 bits per heavy atom. The summed E-state index contributed by atoms with van der Waals surface area (Å²) >= 11 is 0. The zero-order valence-electron chi connectivity index (χ0n) is 12.1. The summed E-state index contributed by atoms with van der Waals surface area (Å²) in [7, 11) is 0. The molecule has 0 saturated heterocycles. The Hall–Kier alpha value is -2.96. The lowest BCUT2D eigenvalue weighted by Gasteiger charge is -2.05. The van der Waals surface area contributed by atoms with Gasteiger partial charge < -0.3 is 9.84 Å². The first-order valence-corrected chi connectivity index (χ1v) is 6.82. The average Bonchev–Trinajstić information content (AvgIpc) is 3.18. The van der Waals surface area contributed by atoms with Crippen molar-refractivity contribution in [3.8, 4) is 0 Å². The summed E-state index contributed by atoms with van der Waals surface area (Å²) in [6.45, 7) is 2.88. The van der Waals surface area contributed by atoms with E-state index < -0.39 is 0 Å². The van der Waals surface area contributed by atoms with Gasteiger partial charge in [0.15, 0.2) is 0 Å². The molecule has 1 aromatic carbocycles. The highest BCUT2D eigenvalue weighted by Gasteiger charge is 2.10. The monoisotopic (exact) mass is 297 g/mol. The number of carbonyl (C=O) groups excluding carboxylic acids is 1. The van der Waals surface area contributed by atoms with E-state index in [1.807, 2.05) is 24.3 Å². The quantitative estimate of drug-likeness (QED) is 0.772. The van der Waals surface area contributed by atoms with Gasteiger partial charge in [-0.25, -0.2) is 9.67 Å². The minimum Gasteiger partial charge on any atom is -0.351 e. The van der Waals surface area contributed by atoms with Gasteiger partial charge in [0.2, 0.25) is 5.76 Å². The lowest BCUT2D eigenvalue weighted by Crippen LogP contribution is -2.22. The van der Waals surface area contributed by atoms with Crippen molar-refractivity contribution in [3.05, 3.63) is 65.6 Å². The molecule has 3 aromatic rings. The molecule has 1 amide bonds. The number of rotatable bonds is 5. The van der Waals surface area contributed by atoms with Gasteiger partial charge in [0, 0.05) is 12.6 Å². The summed E-state index contributed by atoms with van der Waals surface area (Å²) in [5.41, 5.74) is 2.81. The molecule has 2 heterocycles. The third-order valence-corrected chi connectivity index (χ3v) is 3.14. The van der Waals surface area contributed by atoms with E-state index in [9.17, 15) is 4.79 Å². The lowest BCUT2D eigenvalue weighted by molar-refractivity contribution is 0.0914. The fourth-order valence-electron chi connectivity index (χ4n) is 2.00. The van der Waals surface area contributed by atoms with Crippen LogP contribution in [-0.4, -0.2) is 25.8 Å². The van der Waals surface area contributed by atoms with E-state index in [1.165, 1.54) is 6.33 Å². The third kappa shape index (κ3) is 3.38. The minimum absolute atomic E-state index is 0.223. The number of hydrogen-bond donors (Lipinski definition) is 1. The smallest absolute Gasteiger partial charge is 0.290 e. The largest absolute Gasteiger partial charge is 0.351 e. The molecule has 0 spiro atoms. The van der Waals surface area contributed by atoms with Crippen molar-refractivity contribution in [1.82, 2.24) is 25.2 Å². The van der Waals surface area contributed by atoms with Gasteiger partial charge in [-0.1, -0.05) is 29.4 Å². The molecule has 2 aromatic heterocycles.